The number of benzene rings is 2. The van der Waals surface area contributed by atoms with Crippen LogP contribution >= 0.6 is 11.6 Å². The summed E-state index contributed by atoms with van der Waals surface area (Å²) in [5, 5.41) is 0.530. The van der Waals surface area contributed by atoms with Crippen LogP contribution in [0, 0.1) is 0 Å². The molecule has 0 aliphatic rings. The van der Waals surface area contributed by atoms with E-state index in [1.165, 1.54) is 6.07 Å². The third-order valence-corrected chi connectivity index (χ3v) is 2.97. The van der Waals surface area contributed by atoms with Gasteiger partial charge in [-0.25, -0.2) is 9.59 Å². The molecular formula is C17H15ClO5. The number of rotatable bonds is 5. The van der Waals surface area contributed by atoms with Crippen LogP contribution in [-0.2, 0) is 4.74 Å². The summed E-state index contributed by atoms with van der Waals surface area (Å²) < 4.78 is 15.0. The highest BCUT2D eigenvalue weighted by Gasteiger charge is 2.11. The van der Waals surface area contributed by atoms with Gasteiger partial charge in [0.1, 0.15) is 11.5 Å². The van der Waals surface area contributed by atoms with Crippen molar-refractivity contribution >= 4 is 23.7 Å². The summed E-state index contributed by atoms with van der Waals surface area (Å²) in [6.07, 6.45) is -0.0959. The Labute approximate surface area is 138 Å². The Bertz CT molecular complexity index is 682. The van der Waals surface area contributed by atoms with Crippen molar-refractivity contribution in [2.45, 2.75) is 13.3 Å². The van der Waals surface area contributed by atoms with E-state index < -0.39 is 12.1 Å². The first-order valence-corrected chi connectivity index (χ1v) is 7.38. The van der Waals surface area contributed by atoms with Gasteiger partial charge in [-0.15, -0.1) is 0 Å². The smallest absolute Gasteiger partial charge is 0.434 e. The number of halogens is 1. The van der Waals surface area contributed by atoms with Crippen LogP contribution in [0.25, 0.3) is 0 Å². The van der Waals surface area contributed by atoms with E-state index in [2.05, 4.69) is 0 Å². The molecule has 0 aliphatic heterocycles. The third-order valence-electron chi connectivity index (χ3n) is 2.72. The highest BCUT2D eigenvalue weighted by molar-refractivity contribution is 6.30. The van der Waals surface area contributed by atoms with Gasteiger partial charge in [-0.2, -0.15) is 0 Å². The molecule has 0 saturated carbocycles. The first kappa shape index (κ1) is 16.8. The Morgan fingerprint density at radius 3 is 2.30 bits per heavy atom. The fourth-order valence-electron chi connectivity index (χ4n) is 1.66. The minimum atomic E-state index is -0.798. The van der Waals surface area contributed by atoms with Crippen molar-refractivity contribution in [2.24, 2.45) is 0 Å². The van der Waals surface area contributed by atoms with Gasteiger partial charge in [-0.1, -0.05) is 24.6 Å². The monoisotopic (exact) mass is 334 g/mol. The lowest BCUT2D eigenvalue weighted by atomic mass is 10.2. The second-order valence-corrected chi connectivity index (χ2v) is 5.01. The fraction of sp³-hybridized carbons (Fsp3) is 0.176. The van der Waals surface area contributed by atoms with Gasteiger partial charge in [0.25, 0.3) is 0 Å². The lowest BCUT2D eigenvalue weighted by molar-refractivity contribution is 0.0734. The highest BCUT2D eigenvalue weighted by Crippen LogP contribution is 2.21. The van der Waals surface area contributed by atoms with E-state index in [-0.39, 0.29) is 18.1 Å². The summed E-state index contributed by atoms with van der Waals surface area (Å²) in [6.45, 7) is 2.16. The molecule has 120 valence electrons. The molecule has 0 amide bonds. The minimum Gasteiger partial charge on any atom is -0.434 e. The molecule has 0 radical (unpaired) electrons. The normalized spacial score (nSPS) is 10.0. The maximum atomic E-state index is 12.0. The van der Waals surface area contributed by atoms with E-state index in [9.17, 15) is 9.59 Å². The van der Waals surface area contributed by atoms with Gasteiger partial charge < -0.3 is 14.2 Å². The first-order chi connectivity index (χ1) is 11.1. The lowest BCUT2D eigenvalue weighted by Gasteiger charge is -2.07. The van der Waals surface area contributed by atoms with Gasteiger partial charge in [0, 0.05) is 11.1 Å². The quantitative estimate of drug-likeness (QED) is 0.458. The van der Waals surface area contributed by atoms with E-state index in [1.54, 1.807) is 42.5 Å². The molecule has 0 spiro atoms. The number of carbonyl (C=O) groups excluding carboxylic acids is 2. The summed E-state index contributed by atoms with van der Waals surface area (Å²) in [7, 11) is 0. The molecular weight excluding hydrogens is 320 g/mol. The van der Waals surface area contributed by atoms with Gasteiger partial charge >= 0.3 is 12.1 Å². The summed E-state index contributed by atoms with van der Waals surface area (Å²) in [4.78, 5) is 23.4. The van der Waals surface area contributed by atoms with Crippen LogP contribution in [0.5, 0.6) is 11.5 Å². The van der Waals surface area contributed by atoms with E-state index in [4.69, 9.17) is 25.8 Å². The van der Waals surface area contributed by atoms with Crippen LogP contribution in [0.3, 0.4) is 0 Å². The largest absolute Gasteiger partial charge is 0.513 e. The van der Waals surface area contributed by atoms with Crippen molar-refractivity contribution in [1.29, 1.82) is 0 Å². The Hall–Kier alpha value is -2.53. The summed E-state index contributed by atoms with van der Waals surface area (Å²) in [6, 6.07) is 12.5. The molecule has 0 N–H and O–H groups in total. The number of hydrogen-bond acceptors (Lipinski definition) is 5. The number of carbonyl (C=O) groups is 2. The molecule has 2 aromatic carbocycles. The fourth-order valence-corrected chi connectivity index (χ4v) is 1.79. The summed E-state index contributed by atoms with van der Waals surface area (Å²) in [5.74, 6) is -0.0503. The molecule has 6 heteroatoms. The van der Waals surface area contributed by atoms with E-state index in [0.717, 1.165) is 0 Å². The van der Waals surface area contributed by atoms with Gasteiger partial charge in [0.05, 0.1) is 12.2 Å². The number of ether oxygens (including phenoxy) is 3. The SMILES string of the molecule is CCCOC(=O)Oc1cccc(OC(=O)c2ccc(Cl)cc2)c1. The summed E-state index contributed by atoms with van der Waals surface area (Å²) >= 11 is 5.77. The average Bonchev–Trinajstić information content (AvgIpc) is 2.54. The second kappa shape index (κ2) is 8.19. The molecule has 0 fully saturated rings. The van der Waals surface area contributed by atoms with Crippen LogP contribution < -0.4 is 9.47 Å². The van der Waals surface area contributed by atoms with Crippen LogP contribution in [0.15, 0.2) is 48.5 Å². The van der Waals surface area contributed by atoms with Gasteiger partial charge in [-0.3, -0.25) is 0 Å². The topological polar surface area (TPSA) is 61.8 Å². The zero-order valence-corrected chi connectivity index (χ0v) is 13.2. The van der Waals surface area contributed by atoms with E-state index >= 15 is 0 Å². The molecule has 5 nitrogen and oxygen atoms in total. The first-order valence-electron chi connectivity index (χ1n) is 7.01. The Morgan fingerprint density at radius 2 is 1.65 bits per heavy atom. The molecule has 0 bridgehead atoms. The van der Waals surface area contributed by atoms with Crippen molar-refractivity contribution in [2.75, 3.05) is 6.61 Å². The maximum absolute atomic E-state index is 12.0. The third kappa shape index (κ3) is 5.30. The standard InChI is InChI=1S/C17H15ClO5/c1-2-10-21-17(20)23-15-5-3-4-14(11-15)22-16(19)12-6-8-13(18)9-7-12/h3-9,11H,2,10H2,1H3. The molecule has 0 aromatic heterocycles. The van der Waals surface area contributed by atoms with Gasteiger partial charge in [0.15, 0.2) is 0 Å². The number of hydrogen-bond donors (Lipinski definition) is 0. The average molecular weight is 335 g/mol. The molecule has 2 aromatic rings. The number of esters is 1. The summed E-state index contributed by atoms with van der Waals surface area (Å²) in [5.41, 5.74) is 0.364. The second-order valence-electron chi connectivity index (χ2n) is 4.57. The molecule has 0 atom stereocenters. The van der Waals surface area contributed by atoms with Crippen LogP contribution in [0.1, 0.15) is 23.7 Å². The lowest BCUT2D eigenvalue weighted by Crippen LogP contribution is -2.11. The molecule has 0 heterocycles. The van der Waals surface area contributed by atoms with Crippen molar-refractivity contribution < 1.29 is 23.8 Å². The maximum Gasteiger partial charge on any atom is 0.513 e. The van der Waals surface area contributed by atoms with Gasteiger partial charge in [-0.05, 0) is 42.8 Å². The van der Waals surface area contributed by atoms with Crippen LogP contribution in [0.2, 0.25) is 5.02 Å². The molecule has 23 heavy (non-hydrogen) atoms. The van der Waals surface area contributed by atoms with E-state index in [1.807, 2.05) is 6.92 Å². The van der Waals surface area contributed by atoms with Crippen LogP contribution in [0.4, 0.5) is 4.79 Å². The predicted octanol–water partition coefficient (Wildman–Crippen LogP) is 4.48. The highest BCUT2D eigenvalue weighted by atomic mass is 35.5. The predicted molar refractivity (Wildman–Crippen MR) is 85.1 cm³/mol. The zero-order valence-electron chi connectivity index (χ0n) is 12.5. The molecule has 0 aliphatic carbocycles. The van der Waals surface area contributed by atoms with Crippen molar-refractivity contribution in [1.82, 2.24) is 0 Å². The van der Waals surface area contributed by atoms with E-state index in [0.29, 0.717) is 17.0 Å². The van der Waals surface area contributed by atoms with Crippen LogP contribution in [-0.4, -0.2) is 18.7 Å². The molecule has 0 saturated heterocycles. The van der Waals surface area contributed by atoms with Crippen molar-refractivity contribution in [3.05, 3.63) is 59.1 Å². The Kier molecular flexibility index (Phi) is 6.00. The molecule has 2 rings (SSSR count). The zero-order chi connectivity index (χ0) is 16.7. The van der Waals surface area contributed by atoms with Gasteiger partial charge in [0.2, 0.25) is 0 Å². The Balaban J connectivity index is 2.00. The Morgan fingerprint density at radius 1 is 1.00 bits per heavy atom. The van der Waals surface area contributed by atoms with Crippen molar-refractivity contribution in [3.63, 3.8) is 0 Å². The molecule has 0 unspecified atom stereocenters. The van der Waals surface area contributed by atoms with Crippen molar-refractivity contribution in [3.8, 4) is 11.5 Å². The minimum absolute atomic E-state index is 0.229.